The molecule has 0 spiro atoms. The number of alkyl halides is 1. The Bertz CT molecular complexity index is 645. The Labute approximate surface area is 142 Å². The number of aliphatic hydroxyl groups excluding tert-OH is 2. The van der Waals surface area contributed by atoms with Crippen LogP contribution in [0.25, 0.3) is 0 Å². The van der Waals surface area contributed by atoms with Gasteiger partial charge in [-0.05, 0) is 6.42 Å². The molecule has 0 aliphatic carbocycles. The van der Waals surface area contributed by atoms with E-state index >= 15 is 0 Å². The van der Waals surface area contributed by atoms with Gasteiger partial charge < -0.3 is 30.9 Å². The van der Waals surface area contributed by atoms with E-state index < -0.39 is 29.2 Å². The minimum Gasteiger partial charge on any atom is -0.388 e. The predicted molar refractivity (Wildman–Crippen MR) is 88.4 cm³/mol. The van der Waals surface area contributed by atoms with Crippen LogP contribution in [0, 0.1) is 0 Å². The maximum Gasteiger partial charge on any atom is 0.253 e. The highest BCUT2D eigenvalue weighted by Crippen LogP contribution is 2.18. The molecule has 134 valence electrons. The van der Waals surface area contributed by atoms with Crippen molar-refractivity contribution in [2.45, 2.75) is 24.7 Å². The predicted octanol–water partition coefficient (Wildman–Crippen LogP) is -2.03. The van der Waals surface area contributed by atoms with Gasteiger partial charge in [-0.2, -0.15) is 0 Å². The highest BCUT2D eigenvalue weighted by molar-refractivity contribution is 6.27. The molecule has 0 saturated carbocycles. The molecular formula is C14H20ClN3O6. The largest absolute Gasteiger partial charge is 0.388 e. The molecule has 1 aromatic carbocycles. The number of rotatable bonds is 9. The maximum absolute atomic E-state index is 11.6. The monoisotopic (exact) mass is 361 g/mol. The number of hydrogen-bond acceptors (Lipinski definition) is 8. The van der Waals surface area contributed by atoms with Gasteiger partial charge in [0.25, 0.3) is 10.9 Å². The number of halogens is 1. The van der Waals surface area contributed by atoms with E-state index in [1.807, 2.05) is 0 Å². The molecule has 1 saturated heterocycles. The van der Waals surface area contributed by atoms with Gasteiger partial charge in [-0.1, -0.05) is 0 Å². The first-order valence-electron chi connectivity index (χ1n) is 7.57. The number of carbonyl (C=O) groups excluding carboxylic acids is 1. The van der Waals surface area contributed by atoms with Gasteiger partial charge in [0.15, 0.2) is 0 Å². The van der Waals surface area contributed by atoms with Gasteiger partial charge in [0.2, 0.25) is 5.91 Å². The van der Waals surface area contributed by atoms with Crippen molar-refractivity contribution in [2.24, 2.45) is 0 Å². The van der Waals surface area contributed by atoms with Gasteiger partial charge in [-0.15, -0.1) is 11.6 Å². The van der Waals surface area contributed by atoms with Gasteiger partial charge >= 0.3 is 0 Å². The Hall–Kier alpha value is -1.68. The Balaban J connectivity index is 1.78. The summed E-state index contributed by atoms with van der Waals surface area (Å²) in [7, 11) is 0. The number of carbonyl (C=O) groups is 1. The highest BCUT2D eigenvalue weighted by Gasteiger charge is 2.35. The summed E-state index contributed by atoms with van der Waals surface area (Å²) in [5.74, 6) is -0.380. The van der Waals surface area contributed by atoms with E-state index in [2.05, 4.69) is 16.0 Å². The van der Waals surface area contributed by atoms with E-state index in [9.17, 15) is 24.6 Å². The number of hydrogen-bond donors (Lipinski definition) is 5. The molecule has 9 nitrogen and oxygen atoms in total. The first kappa shape index (κ1) is 18.7. The van der Waals surface area contributed by atoms with Crippen LogP contribution in [0.1, 0.15) is 6.42 Å². The smallest absolute Gasteiger partial charge is 0.253 e. The number of ether oxygens (including phenoxy) is 1. The van der Waals surface area contributed by atoms with Crippen molar-refractivity contribution in [3.05, 3.63) is 20.4 Å². The molecule has 1 aromatic rings. The summed E-state index contributed by atoms with van der Waals surface area (Å²) in [6, 6.07) is 0. The Kier molecular flexibility index (Phi) is 6.55. The molecular weight excluding hydrogens is 342 g/mol. The van der Waals surface area contributed by atoms with Crippen LogP contribution < -0.4 is 26.8 Å². The third-order valence-electron chi connectivity index (χ3n) is 3.75. The van der Waals surface area contributed by atoms with Crippen molar-refractivity contribution in [1.82, 2.24) is 5.32 Å². The van der Waals surface area contributed by atoms with E-state index in [1.54, 1.807) is 0 Å². The summed E-state index contributed by atoms with van der Waals surface area (Å²) in [6.45, 7) is 0.919. The van der Waals surface area contributed by atoms with Crippen molar-refractivity contribution in [3.8, 4) is 0 Å². The minimum atomic E-state index is -1.04. The summed E-state index contributed by atoms with van der Waals surface area (Å²) in [4.78, 5) is 34.1. The SMILES string of the molecule is O=C(CCl)NCCCNc1c(NCC2OCC(O)C2O)c(=O)c1=O. The summed E-state index contributed by atoms with van der Waals surface area (Å²) >= 11 is 5.34. The van der Waals surface area contributed by atoms with E-state index in [1.165, 1.54) is 0 Å². The van der Waals surface area contributed by atoms with Gasteiger partial charge in [0.05, 0.1) is 6.61 Å². The van der Waals surface area contributed by atoms with Crippen molar-refractivity contribution >= 4 is 28.9 Å². The van der Waals surface area contributed by atoms with Crippen molar-refractivity contribution < 1.29 is 19.7 Å². The van der Waals surface area contributed by atoms with Crippen molar-refractivity contribution in [2.75, 3.05) is 42.8 Å². The van der Waals surface area contributed by atoms with Crippen LogP contribution in [0.5, 0.6) is 0 Å². The molecule has 1 fully saturated rings. The zero-order valence-electron chi connectivity index (χ0n) is 12.9. The lowest BCUT2D eigenvalue weighted by molar-refractivity contribution is -0.118. The molecule has 24 heavy (non-hydrogen) atoms. The molecule has 1 aliphatic rings. The zero-order valence-corrected chi connectivity index (χ0v) is 13.6. The molecule has 0 bridgehead atoms. The van der Waals surface area contributed by atoms with E-state index in [4.69, 9.17) is 16.3 Å². The van der Waals surface area contributed by atoms with E-state index in [0.717, 1.165) is 0 Å². The van der Waals surface area contributed by atoms with Crippen LogP contribution in [0.2, 0.25) is 0 Å². The molecule has 1 aliphatic heterocycles. The fraction of sp³-hybridized carbons (Fsp3) is 0.643. The van der Waals surface area contributed by atoms with Gasteiger partial charge in [0, 0.05) is 19.6 Å². The minimum absolute atomic E-state index is 0.0264. The third-order valence-corrected chi connectivity index (χ3v) is 3.99. The fourth-order valence-electron chi connectivity index (χ4n) is 2.36. The Morgan fingerprint density at radius 3 is 2.42 bits per heavy atom. The van der Waals surface area contributed by atoms with Crippen LogP contribution in [0.4, 0.5) is 11.4 Å². The second kappa shape index (κ2) is 8.43. The molecule has 1 amide bonds. The van der Waals surface area contributed by atoms with Crippen LogP contribution in [-0.2, 0) is 9.53 Å². The normalized spacial score (nSPS) is 23.4. The summed E-state index contributed by atoms with van der Waals surface area (Å²) in [5.41, 5.74) is -0.935. The number of anilines is 2. The van der Waals surface area contributed by atoms with Gasteiger partial charge in [-0.3, -0.25) is 14.4 Å². The molecule has 1 heterocycles. The average Bonchev–Trinajstić information content (AvgIpc) is 2.90. The topological polar surface area (TPSA) is 137 Å². The second-order valence-electron chi connectivity index (χ2n) is 5.48. The molecule has 0 aromatic heterocycles. The van der Waals surface area contributed by atoms with Crippen molar-refractivity contribution in [1.29, 1.82) is 0 Å². The second-order valence-corrected chi connectivity index (χ2v) is 5.75. The Morgan fingerprint density at radius 1 is 1.17 bits per heavy atom. The quantitative estimate of drug-likeness (QED) is 0.193. The Morgan fingerprint density at radius 2 is 1.83 bits per heavy atom. The van der Waals surface area contributed by atoms with E-state index in [-0.39, 0.29) is 36.3 Å². The van der Waals surface area contributed by atoms with Crippen LogP contribution in [-0.4, -0.2) is 66.6 Å². The highest BCUT2D eigenvalue weighted by atomic mass is 35.5. The zero-order chi connectivity index (χ0) is 17.7. The first-order chi connectivity index (χ1) is 11.5. The summed E-state index contributed by atoms with van der Waals surface area (Å²) in [5, 5.41) is 27.3. The van der Waals surface area contributed by atoms with Crippen molar-refractivity contribution in [3.63, 3.8) is 0 Å². The summed E-state index contributed by atoms with van der Waals surface area (Å²) < 4.78 is 5.19. The number of aliphatic hydroxyl groups is 2. The molecule has 10 heteroatoms. The lowest BCUT2D eigenvalue weighted by Crippen LogP contribution is -2.41. The lowest BCUT2D eigenvalue weighted by atomic mass is 10.1. The lowest BCUT2D eigenvalue weighted by Gasteiger charge is -2.19. The van der Waals surface area contributed by atoms with Crippen LogP contribution >= 0.6 is 11.6 Å². The maximum atomic E-state index is 11.6. The summed E-state index contributed by atoms with van der Waals surface area (Å²) in [6.07, 6.45) is -2.09. The third kappa shape index (κ3) is 4.23. The van der Waals surface area contributed by atoms with E-state index in [0.29, 0.717) is 19.5 Å². The number of nitrogens with one attached hydrogen (secondary N) is 3. The number of amides is 1. The molecule has 5 N–H and O–H groups in total. The van der Waals surface area contributed by atoms with Crippen LogP contribution in [0.15, 0.2) is 9.59 Å². The molecule has 2 rings (SSSR count). The standard InChI is InChI=1S/C14H20ClN3O6/c15-4-9(20)16-2-1-3-17-10-11(14(23)13(10)22)18-5-8-12(21)7(19)6-24-8/h7-8,12,17-19,21H,1-6H2,(H,16,20). The molecule has 3 atom stereocenters. The first-order valence-corrected chi connectivity index (χ1v) is 8.10. The fourth-order valence-corrected chi connectivity index (χ4v) is 2.45. The molecule has 3 unspecified atom stereocenters. The van der Waals surface area contributed by atoms with Crippen LogP contribution in [0.3, 0.4) is 0 Å². The van der Waals surface area contributed by atoms with Gasteiger partial charge in [-0.25, -0.2) is 0 Å². The molecule has 0 radical (unpaired) electrons. The average molecular weight is 362 g/mol. The van der Waals surface area contributed by atoms with Gasteiger partial charge in [0.1, 0.15) is 35.6 Å².